The summed E-state index contributed by atoms with van der Waals surface area (Å²) in [5, 5.41) is 5.37. The maximum atomic E-state index is 12.8. The maximum absolute atomic E-state index is 12.8. The van der Waals surface area contributed by atoms with Crippen LogP contribution in [-0.4, -0.2) is 26.5 Å². The fraction of sp³-hybridized carbons (Fsp3) is 0.333. The smallest absolute Gasteiger partial charge is 0.262 e. The van der Waals surface area contributed by atoms with E-state index < -0.39 is 10.7 Å². The number of benzene rings is 1. The van der Waals surface area contributed by atoms with Crippen molar-refractivity contribution in [2.24, 2.45) is 12.5 Å². The molecule has 0 aliphatic heterocycles. The van der Waals surface area contributed by atoms with Crippen molar-refractivity contribution in [2.75, 3.05) is 5.32 Å². The number of nitrogens with zero attached hydrogens (tertiary/aromatic N) is 2. The fourth-order valence-electron chi connectivity index (χ4n) is 2.57. The summed E-state index contributed by atoms with van der Waals surface area (Å²) in [4.78, 5) is 42.5. The molecular weight excluding hydrogens is 406 g/mol. The summed E-state index contributed by atoms with van der Waals surface area (Å²) in [7, 11) is 1.67. The first kappa shape index (κ1) is 21.3. The second kappa shape index (κ2) is 8.12. The van der Waals surface area contributed by atoms with E-state index in [1.165, 1.54) is 27.7 Å². The number of carbonyl (C=O) groups excluding carboxylic acids is 2. The number of hydrogen-bond donors (Lipinski definition) is 1. The zero-order valence-corrected chi connectivity index (χ0v) is 18.6. The highest BCUT2D eigenvalue weighted by atomic mass is 32.2. The van der Waals surface area contributed by atoms with Crippen molar-refractivity contribution >= 4 is 50.7 Å². The van der Waals surface area contributed by atoms with E-state index in [9.17, 15) is 14.4 Å². The van der Waals surface area contributed by atoms with Gasteiger partial charge in [-0.2, -0.15) is 0 Å². The van der Waals surface area contributed by atoms with Crippen LogP contribution in [0.2, 0.25) is 0 Å². The van der Waals surface area contributed by atoms with Gasteiger partial charge in [-0.15, -0.1) is 11.3 Å². The quantitative estimate of drug-likeness (QED) is 0.371. The van der Waals surface area contributed by atoms with Crippen LogP contribution < -0.4 is 10.9 Å². The molecule has 6 nitrogen and oxygen atoms in total. The van der Waals surface area contributed by atoms with Gasteiger partial charge in [0.05, 0.1) is 10.6 Å². The average Bonchev–Trinajstić information content (AvgIpc) is 3.13. The van der Waals surface area contributed by atoms with Crippen LogP contribution in [0.5, 0.6) is 0 Å². The molecule has 1 unspecified atom stereocenters. The fourth-order valence-corrected chi connectivity index (χ4v) is 4.32. The second-order valence-corrected chi connectivity index (χ2v) is 10.0. The van der Waals surface area contributed by atoms with Crippen molar-refractivity contribution in [1.29, 1.82) is 0 Å². The van der Waals surface area contributed by atoms with E-state index in [-0.39, 0.29) is 17.2 Å². The zero-order valence-electron chi connectivity index (χ0n) is 17.0. The minimum absolute atomic E-state index is 0.0655. The number of Topliss-reactive ketones (excluding diaryl/α,β-unsaturated/α-hetero) is 1. The summed E-state index contributed by atoms with van der Waals surface area (Å²) in [6, 6.07) is 8.61. The third kappa shape index (κ3) is 4.59. The number of carbonyl (C=O) groups is 2. The van der Waals surface area contributed by atoms with E-state index in [4.69, 9.17) is 0 Å². The summed E-state index contributed by atoms with van der Waals surface area (Å²) in [6.07, 6.45) is 0. The summed E-state index contributed by atoms with van der Waals surface area (Å²) >= 11 is 2.67. The average molecular weight is 430 g/mol. The maximum Gasteiger partial charge on any atom is 0.262 e. The lowest BCUT2D eigenvalue weighted by molar-refractivity contribution is -0.123. The lowest BCUT2D eigenvalue weighted by Crippen LogP contribution is -2.27. The van der Waals surface area contributed by atoms with E-state index in [0.29, 0.717) is 26.6 Å². The minimum Gasteiger partial charge on any atom is -0.326 e. The number of thioether (sulfide) groups is 1. The van der Waals surface area contributed by atoms with Crippen molar-refractivity contribution in [3.05, 3.63) is 51.6 Å². The summed E-state index contributed by atoms with van der Waals surface area (Å²) in [6.45, 7) is 7.32. The molecule has 8 heteroatoms. The van der Waals surface area contributed by atoms with Gasteiger partial charge in [0.2, 0.25) is 5.91 Å². The number of rotatable bonds is 5. The highest BCUT2D eigenvalue weighted by Gasteiger charge is 2.22. The first-order valence-electron chi connectivity index (χ1n) is 9.14. The topological polar surface area (TPSA) is 81.1 Å². The van der Waals surface area contributed by atoms with Crippen molar-refractivity contribution in [3.8, 4) is 0 Å². The molecule has 2 aromatic heterocycles. The van der Waals surface area contributed by atoms with Gasteiger partial charge in [0.15, 0.2) is 10.9 Å². The van der Waals surface area contributed by atoms with Crippen LogP contribution in [0.25, 0.3) is 10.2 Å². The Labute approximate surface area is 177 Å². The molecule has 2 heterocycles. The Morgan fingerprint density at radius 3 is 2.45 bits per heavy atom. The molecule has 29 heavy (non-hydrogen) atoms. The van der Waals surface area contributed by atoms with Crippen LogP contribution in [-0.2, 0) is 11.8 Å². The van der Waals surface area contributed by atoms with Gasteiger partial charge in [0.25, 0.3) is 5.56 Å². The van der Waals surface area contributed by atoms with Crippen molar-refractivity contribution in [1.82, 2.24) is 9.55 Å². The Morgan fingerprint density at radius 2 is 1.83 bits per heavy atom. The molecule has 3 aromatic rings. The predicted molar refractivity (Wildman–Crippen MR) is 119 cm³/mol. The van der Waals surface area contributed by atoms with Gasteiger partial charge in [0.1, 0.15) is 4.83 Å². The molecule has 3 rings (SSSR count). The van der Waals surface area contributed by atoms with E-state index in [0.717, 1.165) is 0 Å². The molecule has 0 radical (unpaired) electrons. The molecule has 0 saturated carbocycles. The number of fused-ring (bicyclic) bond motifs is 1. The van der Waals surface area contributed by atoms with Crippen LogP contribution in [0.4, 0.5) is 5.69 Å². The summed E-state index contributed by atoms with van der Waals surface area (Å²) in [5.41, 5.74) is 0.582. The summed E-state index contributed by atoms with van der Waals surface area (Å²) in [5.74, 6) is -0.152. The molecule has 0 aliphatic rings. The second-order valence-electron chi connectivity index (χ2n) is 7.80. The standard InChI is InChI=1S/C21H23N3O3S2/c1-12(29-20-23-17-15(10-11-28-17)18(26)24(20)5)16(25)13-6-8-14(9-7-13)22-19(27)21(2,3)4/h6-12H,1-5H3,(H,22,27). The van der Waals surface area contributed by atoms with Gasteiger partial charge in [-0.05, 0) is 42.6 Å². The number of nitrogens with one attached hydrogen (secondary N) is 1. The molecule has 1 atom stereocenters. The first-order valence-corrected chi connectivity index (χ1v) is 10.9. The van der Waals surface area contributed by atoms with Crippen molar-refractivity contribution < 1.29 is 9.59 Å². The number of amides is 1. The monoisotopic (exact) mass is 429 g/mol. The Balaban J connectivity index is 1.74. The number of ketones is 1. The van der Waals surface area contributed by atoms with Crippen LogP contribution >= 0.6 is 23.1 Å². The van der Waals surface area contributed by atoms with Crippen LogP contribution in [0, 0.1) is 5.41 Å². The molecule has 1 aromatic carbocycles. The molecule has 0 aliphatic carbocycles. The van der Waals surface area contributed by atoms with Gasteiger partial charge >= 0.3 is 0 Å². The van der Waals surface area contributed by atoms with Gasteiger partial charge in [-0.3, -0.25) is 19.0 Å². The third-order valence-corrected chi connectivity index (χ3v) is 6.37. The SMILES string of the molecule is CC(Sc1nc2sccc2c(=O)n1C)C(=O)c1ccc(NC(=O)C(C)(C)C)cc1. The number of hydrogen-bond acceptors (Lipinski definition) is 6. The molecule has 0 spiro atoms. The summed E-state index contributed by atoms with van der Waals surface area (Å²) < 4.78 is 1.48. The Bertz CT molecular complexity index is 1120. The van der Waals surface area contributed by atoms with E-state index >= 15 is 0 Å². The van der Waals surface area contributed by atoms with Gasteiger partial charge in [0, 0.05) is 23.7 Å². The van der Waals surface area contributed by atoms with Crippen molar-refractivity contribution in [3.63, 3.8) is 0 Å². The molecule has 0 bridgehead atoms. The molecular formula is C21H23N3O3S2. The zero-order chi connectivity index (χ0) is 21.3. The Morgan fingerprint density at radius 1 is 1.17 bits per heavy atom. The van der Waals surface area contributed by atoms with E-state index in [1.54, 1.807) is 44.3 Å². The molecule has 152 valence electrons. The third-order valence-electron chi connectivity index (χ3n) is 4.42. The molecule has 1 N–H and O–H groups in total. The number of aromatic nitrogens is 2. The van der Waals surface area contributed by atoms with Gasteiger partial charge in [-0.25, -0.2) is 4.98 Å². The van der Waals surface area contributed by atoms with E-state index in [2.05, 4.69) is 10.3 Å². The van der Waals surface area contributed by atoms with Gasteiger partial charge < -0.3 is 5.32 Å². The number of thiophene rings is 1. The lowest BCUT2D eigenvalue weighted by atomic mass is 9.95. The number of anilines is 1. The molecule has 0 fully saturated rings. The predicted octanol–water partition coefficient (Wildman–Crippen LogP) is 4.34. The van der Waals surface area contributed by atoms with Gasteiger partial charge in [-0.1, -0.05) is 32.5 Å². The lowest BCUT2D eigenvalue weighted by Gasteiger charge is -2.18. The Hall–Kier alpha value is -2.45. The Kier molecular flexibility index (Phi) is 5.95. The van der Waals surface area contributed by atoms with Crippen molar-refractivity contribution in [2.45, 2.75) is 38.1 Å². The minimum atomic E-state index is -0.494. The highest BCUT2D eigenvalue weighted by molar-refractivity contribution is 8.00. The largest absolute Gasteiger partial charge is 0.326 e. The van der Waals surface area contributed by atoms with Crippen LogP contribution in [0.15, 0.2) is 45.7 Å². The first-order chi connectivity index (χ1) is 13.6. The normalized spacial score (nSPS) is 12.7. The molecule has 1 amide bonds. The molecule has 0 saturated heterocycles. The highest BCUT2D eigenvalue weighted by Crippen LogP contribution is 2.26. The van der Waals surface area contributed by atoms with Crippen LogP contribution in [0.1, 0.15) is 38.1 Å². The van der Waals surface area contributed by atoms with E-state index in [1.807, 2.05) is 26.2 Å². The van der Waals surface area contributed by atoms with Crippen LogP contribution in [0.3, 0.4) is 0 Å².